The molecule has 6 aliphatic rings. The quantitative estimate of drug-likeness (QED) is 0.0265. The van der Waals surface area contributed by atoms with Gasteiger partial charge >= 0.3 is 30.0 Å². The molecule has 0 aromatic heterocycles. The van der Waals surface area contributed by atoms with E-state index in [0.29, 0.717) is 11.1 Å². The number of esters is 4. The van der Waals surface area contributed by atoms with Crippen molar-refractivity contribution in [3.05, 3.63) is 135 Å². The number of benzene rings is 5. The number of ketones is 3. The third-order valence-corrected chi connectivity index (χ3v) is 20.1. The van der Waals surface area contributed by atoms with Crippen LogP contribution in [0.4, 0.5) is 4.79 Å². The number of rotatable bonds is 16. The number of hydrogen-bond donors (Lipinski definition) is 5. The zero-order chi connectivity index (χ0) is 78.3. The van der Waals surface area contributed by atoms with Crippen molar-refractivity contribution in [3.63, 3.8) is 0 Å². The van der Waals surface area contributed by atoms with Gasteiger partial charge in [0, 0.05) is 77.1 Å². The molecule has 5 unspecified atom stereocenters. The van der Waals surface area contributed by atoms with Gasteiger partial charge in [-0.3, -0.25) is 57.6 Å². The summed E-state index contributed by atoms with van der Waals surface area (Å²) in [5.74, 6) is -16.4. The van der Waals surface area contributed by atoms with Crippen molar-refractivity contribution < 1.29 is 100 Å². The first-order valence-electron chi connectivity index (χ1n) is 35.0. The van der Waals surface area contributed by atoms with Crippen LogP contribution in [0.3, 0.4) is 0 Å². The molecule has 570 valence electrons. The highest BCUT2D eigenvalue weighted by Crippen LogP contribution is 2.51. The Morgan fingerprint density at radius 2 is 1.31 bits per heavy atom. The van der Waals surface area contributed by atoms with Gasteiger partial charge in [0.15, 0.2) is 35.0 Å². The second-order valence-corrected chi connectivity index (χ2v) is 28.7. The average molecular weight is 1520 g/mol. The molecule has 1 saturated heterocycles. The number of amides is 5. The lowest BCUT2D eigenvalue weighted by molar-refractivity contribution is -0.223. The standard InChI is InChI=1S/C78H88Cl2N6O21/c1-15-22-99-78(98)86(14)56(23-35(2)3)75(96)85-70-57(92)29-50(33-81)73(94)84-69-49-30-63(72(107-77-39(7)37(5)38(6)65(106-77)34-100-42(10)88)64(31-49)105-61-21-18-48(28-55(61)80)71(70)103-45(13)91)104-60-20-16-46(27-54(60)79)40(8)67-76(97)83-68(41(9)87)53-24-36(4)25-62(102-44(12)90)66(53)52-26-47(17-19-59(52)101-43(11)89)51(32-58(69)93)74(95)82-67/h15-21,24-28,30-31,35,37-40,50-51,56,65,67-71,77H,1,22-23,29,32-34,81H2,2-14H3,(H,82,95)(H,83,97)(H,84,94)(H,85,96)/t37?,38?,39?,40-,50+,51-,56-,65?,67-,68-,69-,70+,71-,77?/m1/s1. The van der Waals surface area contributed by atoms with Crippen molar-refractivity contribution in [1.29, 1.82) is 0 Å². The van der Waals surface area contributed by atoms with Crippen LogP contribution < -0.4 is 50.7 Å². The summed E-state index contributed by atoms with van der Waals surface area (Å²) in [4.78, 5) is 174. The highest BCUT2D eigenvalue weighted by molar-refractivity contribution is 6.32. The summed E-state index contributed by atoms with van der Waals surface area (Å²) in [6, 6.07) is 10.1. The molecule has 6 aliphatic heterocycles. The Balaban J connectivity index is 1.34. The van der Waals surface area contributed by atoms with Crippen LogP contribution in [0.1, 0.15) is 159 Å². The van der Waals surface area contributed by atoms with E-state index >= 15 is 24.0 Å². The van der Waals surface area contributed by atoms with Crippen molar-refractivity contribution in [2.45, 2.75) is 163 Å². The molecule has 6 N–H and O–H groups in total. The molecule has 0 saturated carbocycles. The summed E-state index contributed by atoms with van der Waals surface area (Å²) in [6.45, 7) is 21.0. The minimum Gasteiger partial charge on any atom is -0.463 e. The minimum atomic E-state index is -1.97. The number of halogens is 2. The Kier molecular flexibility index (Phi) is 26.1. The molecule has 5 aromatic carbocycles. The normalized spacial score (nSPS) is 23.9. The van der Waals surface area contributed by atoms with Crippen molar-refractivity contribution >= 4 is 94.2 Å². The van der Waals surface area contributed by atoms with E-state index in [4.69, 9.17) is 71.6 Å². The number of nitrogens with two attached hydrogens (primary N) is 1. The maximum atomic E-state index is 16.5. The zero-order valence-electron chi connectivity index (χ0n) is 61.5. The Morgan fingerprint density at radius 3 is 1.90 bits per heavy atom. The van der Waals surface area contributed by atoms with E-state index in [1.54, 1.807) is 39.8 Å². The molecule has 14 atom stereocenters. The first-order valence-corrected chi connectivity index (χ1v) is 35.7. The number of nitrogens with zero attached hydrogens (tertiary/aromatic N) is 1. The van der Waals surface area contributed by atoms with Crippen molar-refractivity contribution in [1.82, 2.24) is 26.2 Å². The van der Waals surface area contributed by atoms with Crippen LogP contribution >= 0.6 is 23.2 Å². The Morgan fingerprint density at radius 1 is 0.682 bits per heavy atom. The molecule has 107 heavy (non-hydrogen) atoms. The minimum absolute atomic E-state index is 0.00484. The molecule has 5 aromatic rings. The molecule has 5 amide bonds. The smallest absolute Gasteiger partial charge is 0.410 e. The Bertz CT molecular complexity index is 4370. The molecule has 0 aliphatic carbocycles. The summed E-state index contributed by atoms with van der Waals surface area (Å²) in [7, 11) is 1.32. The fourth-order valence-corrected chi connectivity index (χ4v) is 14.0. The highest BCUT2D eigenvalue weighted by atomic mass is 35.5. The van der Waals surface area contributed by atoms with Crippen LogP contribution in [0.25, 0.3) is 11.1 Å². The number of hydrogen-bond acceptors (Lipinski definition) is 22. The third-order valence-electron chi connectivity index (χ3n) is 19.5. The van der Waals surface area contributed by atoms with Gasteiger partial charge in [-0.15, -0.1) is 0 Å². The topological polar surface area (TPSA) is 365 Å². The number of fused-ring (bicyclic) bond motifs is 15. The van der Waals surface area contributed by atoms with Gasteiger partial charge < -0.3 is 69.6 Å². The lowest BCUT2D eigenvalue weighted by Gasteiger charge is -2.43. The Labute approximate surface area is 628 Å². The first kappa shape index (κ1) is 80.9. The van der Waals surface area contributed by atoms with E-state index in [1.807, 2.05) is 20.8 Å². The molecular formula is C78H88Cl2N6O21. The van der Waals surface area contributed by atoms with Crippen LogP contribution in [-0.2, 0) is 71.7 Å². The van der Waals surface area contributed by atoms with E-state index in [0.717, 1.165) is 25.7 Å². The largest absolute Gasteiger partial charge is 0.463 e. The van der Waals surface area contributed by atoms with Crippen molar-refractivity contribution in [2.75, 3.05) is 26.8 Å². The van der Waals surface area contributed by atoms with Gasteiger partial charge in [0.25, 0.3) is 0 Å². The van der Waals surface area contributed by atoms with Crippen molar-refractivity contribution in [2.24, 2.45) is 35.3 Å². The summed E-state index contributed by atoms with van der Waals surface area (Å²) in [6.07, 6.45) is -4.99. The number of Topliss-reactive ketones (excluding diaryl/α,β-unsaturated/α-hetero) is 3. The number of carbonyl (C=O) groups is 12. The molecule has 29 heteroatoms. The summed E-state index contributed by atoms with van der Waals surface area (Å²) in [5.41, 5.74) is 7.16. The van der Waals surface area contributed by atoms with Crippen LogP contribution in [0.2, 0.25) is 10.0 Å². The molecule has 11 rings (SSSR count). The summed E-state index contributed by atoms with van der Waals surface area (Å²) >= 11 is 14.6. The molecule has 11 bridgehead atoms. The lowest BCUT2D eigenvalue weighted by Crippen LogP contribution is -2.55. The van der Waals surface area contributed by atoms with Gasteiger partial charge in [-0.2, -0.15) is 0 Å². The number of nitrogens with one attached hydrogen (secondary N) is 4. The summed E-state index contributed by atoms with van der Waals surface area (Å²) in [5, 5.41) is 10.9. The second-order valence-electron chi connectivity index (χ2n) is 27.9. The maximum Gasteiger partial charge on any atom is 0.410 e. The van der Waals surface area contributed by atoms with Crippen LogP contribution in [0, 0.1) is 36.5 Å². The first-order chi connectivity index (χ1) is 50.6. The Hall–Kier alpha value is -10.2. The van der Waals surface area contributed by atoms with Crippen LogP contribution in [-0.4, -0.2) is 133 Å². The average Bonchev–Trinajstić information content (AvgIpc) is 0.775. The second kappa shape index (κ2) is 34.6. The molecule has 6 heterocycles. The lowest BCUT2D eigenvalue weighted by atomic mass is 9.79. The van der Waals surface area contributed by atoms with Crippen LogP contribution in [0.5, 0.6) is 40.2 Å². The summed E-state index contributed by atoms with van der Waals surface area (Å²) < 4.78 is 55.8. The van der Waals surface area contributed by atoms with Gasteiger partial charge in [0.1, 0.15) is 66.4 Å². The van der Waals surface area contributed by atoms with Gasteiger partial charge in [-0.1, -0.05) is 102 Å². The van der Waals surface area contributed by atoms with E-state index in [9.17, 15) is 33.6 Å². The SMILES string of the molecule is C=CCOC(=O)N(C)[C@H](CC(C)C)C(=O)N[C@H]1C(=O)C[C@@H](CN)C(=O)N[C@H]2C(=O)C[C@H]3C(=O)N[C@@H](C(=O)N[C@H](C(C)=O)c4cc(C)cc(OC(C)=O)c4-c4cc3ccc4OC(C)=O)[C@H](C)c3ccc(c(Cl)c3)Oc3cc2cc(c3OC2OC(COC(C)=O)C(C)C(C)C2C)Oc2ccc(cc2Cl)[C@H]1OC(C)=O. The molecule has 0 radical (unpaired) electrons. The molecule has 0 spiro atoms. The van der Waals surface area contributed by atoms with E-state index in [-0.39, 0.29) is 121 Å². The molecule has 27 nitrogen and oxygen atoms in total. The molecular weight excluding hydrogens is 1430 g/mol. The number of likely N-dealkylation sites (N-methyl/N-ethyl adjacent to an activating group) is 1. The predicted octanol–water partition coefficient (Wildman–Crippen LogP) is 10.5. The highest BCUT2D eigenvalue weighted by Gasteiger charge is 2.45. The monoisotopic (exact) mass is 1510 g/mol. The zero-order valence-corrected chi connectivity index (χ0v) is 63.1. The van der Waals surface area contributed by atoms with Crippen molar-refractivity contribution in [3.8, 4) is 51.4 Å². The third kappa shape index (κ3) is 18.8. The van der Waals surface area contributed by atoms with Gasteiger partial charge in [0.2, 0.25) is 35.7 Å². The van der Waals surface area contributed by atoms with Gasteiger partial charge in [-0.25, -0.2) is 4.79 Å². The fraction of sp³-hybridized carbons (Fsp3) is 0.436. The molecule has 1 fully saturated rings. The number of carbonyl (C=O) groups excluding carboxylic acids is 12. The van der Waals surface area contributed by atoms with Gasteiger partial charge in [-0.05, 0) is 126 Å². The maximum absolute atomic E-state index is 16.5. The van der Waals surface area contributed by atoms with E-state index < -0.39 is 163 Å². The van der Waals surface area contributed by atoms with E-state index in [2.05, 4.69) is 27.8 Å². The van der Waals surface area contributed by atoms with Crippen LogP contribution in [0.15, 0.2) is 91.5 Å². The van der Waals surface area contributed by atoms with E-state index in [1.165, 1.54) is 93.7 Å². The number of ether oxygens (including phenoxy) is 9. The predicted molar refractivity (Wildman–Crippen MR) is 388 cm³/mol. The number of aryl methyl sites for hydroxylation is 1. The fourth-order valence-electron chi connectivity index (χ4n) is 13.6. The van der Waals surface area contributed by atoms with Gasteiger partial charge in [0.05, 0.1) is 28.0 Å².